The standard InChI is InChI=1S/C12H22N2O4/c1-8-5-18-9(4-15)3-14(8)11(16)12(2)7-17-6-10(12)13/h8-10,15H,3-7,13H2,1-2H3. The van der Waals surface area contributed by atoms with Gasteiger partial charge < -0.3 is 25.2 Å². The van der Waals surface area contributed by atoms with Crippen LogP contribution in [-0.4, -0.2) is 67.1 Å². The van der Waals surface area contributed by atoms with Crippen LogP contribution in [0.15, 0.2) is 0 Å². The van der Waals surface area contributed by atoms with Crippen LogP contribution in [0.25, 0.3) is 0 Å². The van der Waals surface area contributed by atoms with E-state index in [1.165, 1.54) is 0 Å². The molecule has 0 spiro atoms. The minimum atomic E-state index is -0.661. The van der Waals surface area contributed by atoms with Gasteiger partial charge in [-0.3, -0.25) is 4.79 Å². The van der Waals surface area contributed by atoms with Crippen molar-refractivity contribution in [3.63, 3.8) is 0 Å². The third-order valence-corrected chi connectivity index (χ3v) is 3.98. The molecule has 6 nitrogen and oxygen atoms in total. The van der Waals surface area contributed by atoms with Gasteiger partial charge in [0.15, 0.2) is 0 Å². The second-order valence-electron chi connectivity index (χ2n) is 5.48. The van der Waals surface area contributed by atoms with Gasteiger partial charge in [-0.2, -0.15) is 0 Å². The second kappa shape index (κ2) is 5.13. The first kappa shape index (κ1) is 13.7. The quantitative estimate of drug-likeness (QED) is 0.661. The van der Waals surface area contributed by atoms with E-state index in [2.05, 4.69) is 0 Å². The topological polar surface area (TPSA) is 85.0 Å². The highest BCUT2D eigenvalue weighted by Crippen LogP contribution is 2.31. The molecule has 3 N–H and O–H groups in total. The Labute approximate surface area is 107 Å². The van der Waals surface area contributed by atoms with Crippen LogP contribution in [0.1, 0.15) is 13.8 Å². The summed E-state index contributed by atoms with van der Waals surface area (Å²) in [6, 6.07) is -0.266. The third kappa shape index (κ3) is 2.25. The summed E-state index contributed by atoms with van der Waals surface area (Å²) < 4.78 is 10.8. The highest BCUT2D eigenvalue weighted by Gasteiger charge is 2.48. The van der Waals surface area contributed by atoms with Gasteiger partial charge in [0.2, 0.25) is 5.91 Å². The molecule has 0 bridgehead atoms. The molecule has 18 heavy (non-hydrogen) atoms. The molecule has 0 aromatic rings. The third-order valence-electron chi connectivity index (χ3n) is 3.98. The minimum absolute atomic E-state index is 0.00162. The van der Waals surface area contributed by atoms with Crippen molar-refractivity contribution in [1.82, 2.24) is 4.90 Å². The lowest BCUT2D eigenvalue weighted by Gasteiger charge is -2.41. The average molecular weight is 258 g/mol. The Bertz CT molecular complexity index is 325. The van der Waals surface area contributed by atoms with Gasteiger partial charge in [-0.15, -0.1) is 0 Å². The first-order valence-electron chi connectivity index (χ1n) is 6.36. The van der Waals surface area contributed by atoms with Crippen LogP contribution in [0.4, 0.5) is 0 Å². The van der Waals surface area contributed by atoms with E-state index >= 15 is 0 Å². The number of carbonyl (C=O) groups excluding carboxylic acids is 1. The molecule has 2 fully saturated rings. The first-order chi connectivity index (χ1) is 8.49. The Morgan fingerprint density at radius 2 is 2.28 bits per heavy atom. The smallest absolute Gasteiger partial charge is 0.232 e. The SMILES string of the molecule is CC1COC(CO)CN1C(=O)C1(C)COCC1N. The lowest BCUT2D eigenvalue weighted by Crippen LogP contribution is -2.59. The van der Waals surface area contributed by atoms with Crippen molar-refractivity contribution in [3.8, 4) is 0 Å². The first-order valence-corrected chi connectivity index (χ1v) is 6.36. The molecule has 0 aromatic carbocycles. The van der Waals surface area contributed by atoms with Crippen molar-refractivity contribution in [3.05, 3.63) is 0 Å². The van der Waals surface area contributed by atoms with Gasteiger partial charge in [-0.05, 0) is 13.8 Å². The normalized spacial score (nSPS) is 41.1. The molecule has 104 valence electrons. The predicted octanol–water partition coefficient (Wildman–Crippen LogP) is -1.04. The molecule has 2 aliphatic rings. The summed E-state index contributed by atoms with van der Waals surface area (Å²) in [7, 11) is 0. The summed E-state index contributed by atoms with van der Waals surface area (Å²) >= 11 is 0. The Hall–Kier alpha value is -0.690. The van der Waals surface area contributed by atoms with Crippen molar-refractivity contribution in [2.75, 3.05) is 33.0 Å². The summed E-state index contributed by atoms with van der Waals surface area (Å²) in [5.41, 5.74) is 5.32. The summed E-state index contributed by atoms with van der Waals surface area (Å²) in [4.78, 5) is 14.4. The number of hydrogen-bond donors (Lipinski definition) is 2. The van der Waals surface area contributed by atoms with Gasteiger partial charge in [0.05, 0.1) is 44.0 Å². The van der Waals surface area contributed by atoms with Gasteiger partial charge in [-0.1, -0.05) is 0 Å². The van der Waals surface area contributed by atoms with E-state index < -0.39 is 5.41 Å². The zero-order chi connectivity index (χ0) is 13.3. The molecule has 0 radical (unpaired) electrons. The maximum atomic E-state index is 12.6. The molecule has 2 saturated heterocycles. The molecule has 2 rings (SSSR count). The molecular weight excluding hydrogens is 236 g/mol. The molecule has 4 atom stereocenters. The number of hydrogen-bond acceptors (Lipinski definition) is 5. The van der Waals surface area contributed by atoms with Crippen molar-refractivity contribution in [2.24, 2.45) is 11.1 Å². The van der Waals surface area contributed by atoms with Gasteiger partial charge >= 0.3 is 0 Å². The Kier molecular flexibility index (Phi) is 3.91. The van der Waals surface area contributed by atoms with Crippen LogP contribution >= 0.6 is 0 Å². The largest absolute Gasteiger partial charge is 0.394 e. The van der Waals surface area contributed by atoms with Crippen molar-refractivity contribution in [1.29, 1.82) is 0 Å². The zero-order valence-corrected chi connectivity index (χ0v) is 11.0. The fraction of sp³-hybridized carbons (Fsp3) is 0.917. The number of morpholine rings is 1. The number of ether oxygens (including phenoxy) is 2. The van der Waals surface area contributed by atoms with E-state index in [0.717, 1.165) is 0 Å². The van der Waals surface area contributed by atoms with Gasteiger partial charge in [0.1, 0.15) is 0 Å². The zero-order valence-electron chi connectivity index (χ0n) is 11.0. The number of nitrogens with zero attached hydrogens (tertiary/aromatic N) is 1. The maximum Gasteiger partial charge on any atom is 0.232 e. The summed E-state index contributed by atoms with van der Waals surface area (Å²) in [6.45, 7) is 5.36. The van der Waals surface area contributed by atoms with E-state index in [1.807, 2.05) is 13.8 Å². The minimum Gasteiger partial charge on any atom is -0.394 e. The molecule has 1 amide bonds. The fourth-order valence-corrected chi connectivity index (χ4v) is 2.45. The molecule has 0 aromatic heterocycles. The van der Waals surface area contributed by atoms with E-state index in [4.69, 9.17) is 20.3 Å². The Morgan fingerprint density at radius 1 is 1.56 bits per heavy atom. The van der Waals surface area contributed by atoms with Crippen LogP contribution in [0, 0.1) is 5.41 Å². The maximum absolute atomic E-state index is 12.6. The van der Waals surface area contributed by atoms with Crippen molar-refractivity contribution >= 4 is 5.91 Å². The van der Waals surface area contributed by atoms with E-state index in [0.29, 0.717) is 26.4 Å². The second-order valence-corrected chi connectivity index (χ2v) is 5.48. The van der Waals surface area contributed by atoms with Crippen LogP contribution in [0.3, 0.4) is 0 Å². The Morgan fingerprint density at radius 3 is 2.83 bits per heavy atom. The highest BCUT2D eigenvalue weighted by molar-refractivity contribution is 5.84. The molecule has 2 heterocycles. The van der Waals surface area contributed by atoms with Crippen LogP contribution in [0.5, 0.6) is 0 Å². The molecule has 4 unspecified atom stereocenters. The van der Waals surface area contributed by atoms with Crippen molar-refractivity contribution in [2.45, 2.75) is 32.0 Å². The van der Waals surface area contributed by atoms with E-state index in [1.54, 1.807) is 4.90 Å². The van der Waals surface area contributed by atoms with Gasteiger partial charge in [0.25, 0.3) is 0 Å². The monoisotopic (exact) mass is 258 g/mol. The number of carbonyl (C=O) groups is 1. The van der Waals surface area contributed by atoms with E-state index in [9.17, 15) is 4.79 Å². The fourth-order valence-electron chi connectivity index (χ4n) is 2.45. The molecule has 0 saturated carbocycles. The number of rotatable bonds is 2. The van der Waals surface area contributed by atoms with Crippen LogP contribution < -0.4 is 5.73 Å². The lowest BCUT2D eigenvalue weighted by molar-refractivity contribution is -0.156. The summed E-state index contributed by atoms with van der Waals surface area (Å²) in [5.74, 6) is 0.00162. The summed E-state index contributed by atoms with van der Waals surface area (Å²) in [6.07, 6.45) is -0.299. The predicted molar refractivity (Wildman–Crippen MR) is 64.9 cm³/mol. The lowest BCUT2D eigenvalue weighted by atomic mass is 9.83. The number of aliphatic hydroxyl groups excluding tert-OH is 1. The number of nitrogens with two attached hydrogens (primary N) is 1. The molecule has 6 heteroatoms. The highest BCUT2D eigenvalue weighted by atomic mass is 16.5. The van der Waals surface area contributed by atoms with Gasteiger partial charge in [0, 0.05) is 12.6 Å². The number of amides is 1. The number of aliphatic hydroxyl groups is 1. The van der Waals surface area contributed by atoms with Crippen molar-refractivity contribution < 1.29 is 19.4 Å². The Balaban J connectivity index is 2.11. The van der Waals surface area contributed by atoms with Gasteiger partial charge in [-0.25, -0.2) is 0 Å². The van der Waals surface area contributed by atoms with E-state index in [-0.39, 0.29) is 30.7 Å². The molecule has 2 aliphatic heterocycles. The molecular formula is C12H22N2O4. The van der Waals surface area contributed by atoms with Crippen LogP contribution in [0.2, 0.25) is 0 Å². The average Bonchev–Trinajstić information content (AvgIpc) is 2.71. The van der Waals surface area contributed by atoms with Crippen LogP contribution in [-0.2, 0) is 14.3 Å². The molecule has 0 aliphatic carbocycles. The summed E-state index contributed by atoms with van der Waals surface area (Å²) in [5, 5.41) is 9.15.